The predicted octanol–water partition coefficient (Wildman–Crippen LogP) is 5.32. The van der Waals surface area contributed by atoms with Crippen molar-refractivity contribution in [1.29, 1.82) is 0 Å². The lowest BCUT2D eigenvalue weighted by atomic mass is 9.98. The van der Waals surface area contributed by atoms with Gasteiger partial charge in [-0.25, -0.2) is 0 Å². The number of tetrazole rings is 1. The number of hydrogen-bond acceptors (Lipinski definition) is 5. The smallest absolute Gasteiger partial charge is 0.178 e. The van der Waals surface area contributed by atoms with E-state index in [4.69, 9.17) is 0 Å². The number of piperazine rings is 1. The van der Waals surface area contributed by atoms with Crippen LogP contribution in [0.1, 0.15) is 45.2 Å². The van der Waals surface area contributed by atoms with Crippen molar-refractivity contribution in [3.63, 3.8) is 0 Å². The molecule has 0 radical (unpaired) electrons. The molecule has 0 bridgehead atoms. The van der Waals surface area contributed by atoms with Crippen LogP contribution in [0.4, 0.5) is 0 Å². The lowest BCUT2D eigenvalue weighted by Gasteiger charge is -2.38. The number of para-hydroxylation sites is 1. The highest BCUT2D eigenvalue weighted by atomic mass is 15.6. The standard InChI is InChI=1S/C31H36N6/c1-23-15-16-28(22-26(23)4)30(31-32-33-34-37(31)29-24(2)10-8-11-25(29)3)36-20-18-35(19-21-36)17-9-14-27-12-6-5-7-13-27/h5-16,22,30H,17-21H2,1-4H3/b14-9+/t30-/m0/s1. The van der Waals surface area contributed by atoms with Crippen LogP contribution in [0, 0.1) is 27.7 Å². The predicted molar refractivity (Wildman–Crippen MR) is 150 cm³/mol. The first-order valence-corrected chi connectivity index (χ1v) is 13.1. The summed E-state index contributed by atoms with van der Waals surface area (Å²) in [5, 5.41) is 13.3. The van der Waals surface area contributed by atoms with Crippen LogP contribution in [0.25, 0.3) is 11.8 Å². The first kappa shape index (κ1) is 25.1. The van der Waals surface area contributed by atoms with Gasteiger partial charge in [0, 0.05) is 32.7 Å². The maximum Gasteiger partial charge on any atom is 0.178 e. The highest BCUT2D eigenvalue weighted by Crippen LogP contribution is 2.31. The fourth-order valence-corrected chi connectivity index (χ4v) is 5.23. The summed E-state index contributed by atoms with van der Waals surface area (Å²) < 4.78 is 1.96. The summed E-state index contributed by atoms with van der Waals surface area (Å²) in [4.78, 5) is 5.05. The Kier molecular flexibility index (Phi) is 7.58. The highest BCUT2D eigenvalue weighted by Gasteiger charge is 2.31. The van der Waals surface area contributed by atoms with Gasteiger partial charge in [0.2, 0.25) is 0 Å². The van der Waals surface area contributed by atoms with Crippen LogP contribution >= 0.6 is 0 Å². The molecule has 0 saturated carbocycles. The normalized spacial score (nSPS) is 15.9. The molecule has 0 amide bonds. The van der Waals surface area contributed by atoms with Crippen LogP contribution in [0.3, 0.4) is 0 Å². The number of rotatable bonds is 7. The molecular weight excluding hydrogens is 456 g/mol. The van der Waals surface area contributed by atoms with Gasteiger partial charge in [-0.2, -0.15) is 4.68 Å². The largest absolute Gasteiger partial charge is 0.297 e. The van der Waals surface area contributed by atoms with Crippen molar-refractivity contribution < 1.29 is 0 Å². The van der Waals surface area contributed by atoms with Gasteiger partial charge in [-0.15, -0.1) is 5.10 Å². The molecule has 1 aliphatic rings. The summed E-state index contributed by atoms with van der Waals surface area (Å²) in [6.45, 7) is 13.5. The van der Waals surface area contributed by atoms with Crippen LogP contribution in [-0.2, 0) is 0 Å². The Morgan fingerprint density at radius 3 is 2.22 bits per heavy atom. The van der Waals surface area contributed by atoms with E-state index in [2.05, 4.69) is 132 Å². The summed E-state index contributed by atoms with van der Waals surface area (Å²) in [6.07, 6.45) is 4.48. The molecule has 1 aliphatic heterocycles. The fourth-order valence-electron chi connectivity index (χ4n) is 5.23. The second-order valence-corrected chi connectivity index (χ2v) is 10.1. The third-order valence-corrected chi connectivity index (χ3v) is 7.48. The molecule has 1 fully saturated rings. The average Bonchev–Trinajstić information content (AvgIpc) is 3.36. The van der Waals surface area contributed by atoms with Gasteiger partial charge in [-0.3, -0.25) is 9.80 Å². The van der Waals surface area contributed by atoms with E-state index < -0.39 is 0 Å². The van der Waals surface area contributed by atoms with Crippen molar-refractivity contribution in [3.05, 3.63) is 112 Å². The minimum atomic E-state index is -0.0182. The van der Waals surface area contributed by atoms with Gasteiger partial charge in [-0.05, 0) is 71.5 Å². The zero-order chi connectivity index (χ0) is 25.8. The zero-order valence-electron chi connectivity index (χ0n) is 22.3. The lowest BCUT2D eigenvalue weighted by molar-refractivity contribution is 0.113. The Hall–Kier alpha value is -3.61. The second kappa shape index (κ2) is 11.2. The fraction of sp³-hybridized carbons (Fsp3) is 0.323. The van der Waals surface area contributed by atoms with Gasteiger partial charge in [0.15, 0.2) is 5.82 Å². The minimum absolute atomic E-state index is 0.0182. The quantitative estimate of drug-likeness (QED) is 0.350. The lowest BCUT2D eigenvalue weighted by Crippen LogP contribution is -2.48. The molecular formula is C31H36N6. The van der Waals surface area contributed by atoms with Gasteiger partial charge in [0.05, 0.1) is 11.7 Å². The number of aromatic nitrogens is 4. The molecule has 0 spiro atoms. The number of benzene rings is 3. The van der Waals surface area contributed by atoms with E-state index in [1.165, 1.54) is 33.4 Å². The molecule has 37 heavy (non-hydrogen) atoms. The maximum atomic E-state index is 4.62. The first-order valence-electron chi connectivity index (χ1n) is 13.1. The summed E-state index contributed by atoms with van der Waals surface area (Å²) in [7, 11) is 0. The van der Waals surface area contributed by atoms with Gasteiger partial charge >= 0.3 is 0 Å². The van der Waals surface area contributed by atoms with Crippen molar-refractivity contribution in [3.8, 4) is 5.69 Å². The van der Waals surface area contributed by atoms with Crippen LogP contribution in [0.2, 0.25) is 0 Å². The first-order chi connectivity index (χ1) is 18.0. The SMILES string of the molecule is Cc1ccc([C@@H](c2nnnn2-c2c(C)cccc2C)N2CCN(C/C=C/c3ccccc3)CC2)cc1C. The molecule has 0 aliphatic carbocycles. The van der Waals surface area contributed by atoms with E-state index in [-0.39, 0.29) is 6.04 Å². The molecule has 6 heteroatoms. The van der Waals surface area contributed by atoms with Crippen molar-refractivity contribution >= 4 is 6.08 Å². The van der Waals surface area contributed by atoms with E-state index >= 15 is 0 Å². The van der Waals surface area contributed by atoms with E-state index in [1.54, 1.807) is 0 Å². The third kappa shape index (κ3) is 5.55. The minimum Gasteiger partial charge on any atom is -0.297 e. The topological polar surface area (TPSA) is 50.1 Å². The van der Waals surface area contributed by atoms with Gasteiger partial charge in [-0.1, -0.05) is 78.9 Å². The highest BCUT2D eigenvalue weighted by molar-refractivity contribution is 5.49. The van der Waals surface area contributed by atoms with Crippen LogP contribution in [0.15, 0.2) is 72.8 Å². The van der Waals surface area contributed by atoms with E-state index in [9.17, 15) is 0 Å². The second-order valence-electron chi connectivity index (χ2n) is 10.1. The number of hydrogen-bond donors (Lipinski definition) is 0. The number of aryl methyl sites for hydroxylation is 4. The Balaban J connectivity index is 1.41. The molecule has 2 heterocycles. The molecule has 0 unspecified atom stereocenters. The summed E-state index contributed by atoms with van der Waals surface area (Å²) >= 11 is 0. The molecule has 1 aromatic heterocycles. The zero-order valence-corrected chi connectivity index (χ0v) is 22.3. The Labute approximate surface area is 220 Å². The van der Waals surface area contributed by atoms with E-state index in [0.29, 0.717) is 0 Å². The molecule has 1 atom stereocenters. The Morgan fingerprint density at radius 1 is 0.784 bits per heavy atom. The van der Waals surface area contributed by atoms with Gasteiger partial charge in [0.25, 0.3) is 0 Å². The van der Waals surface area contributed by atoms with Crippen LogP contribution in [0.5, 0.6) is 0 Å². The van der Waals surface area contributed by atoms with Crippen molar-refractivity contribution in [1.82, 2.24) is 30.0 Å². The van der Waals surface area contributed by atoms with Gasteiger partial charge in [0.1, 0.15) is 0 Å². The molecule has 1 saturated heterocycles. The molecule has 190 valence electrons. The van der Waals surface area contributed by atoms with Crippen molar-refractivity contribution in [2.75, 3.05) is 32.7 Å². The molecule has 3 aromatic carbocycles. The molecule has 0 N–H and O–H groups in total. The van der Waals surface area contributed by atoms with Crippen LogP contribution in [-0.4, -0.2) is 62.7 Å². The summed E-state index contributed by atoms with van der Waals surface area (Å²) in [5.41, 5.74) is 8.48. The Bertz CT molecular complexity index is 1350. The average molecular weight is 493 g/mol. The Morgan fingerprint density at radius 2 is 1.51 bits per heavy atom. The summed E-state index contributed by atoms with van der Waals surface area (Å²) in [6, 6.07) is 23.6. The van der Waals surface area contributed by atoms with Crippen LogP contribution < -0.4 is 0 Å². The van der Waals surface area contributed by atoms with E-state index in [0.717, 1.165) is 44.2 Å². The molecule has 6 nitrogen and oxygen atoms in total. The summed E-state index contributed by atoms with van der Waals surface area (Å²) in [5.74, 6) is 0.873. The van der Waals surface area contributed by atoms with Crippen molar-refractivity contribution in [2.24, 2.45) is 0 Å². The molecule has 4 aromatic rings. The molecule has 5 rings (SSSR count). The third-order valence-electron chi connectivity index (χ3n) is 7.48. The van der Waals surface area contributed by atoms with Crippen molar-refractivity contribution in [2.45, 2.75) is 33.7 Å². The van der Waals surface area contributed by atoms with Gasteiger partial charge < -0.3 is 0 Å². The monoisotopic (exact) mass is 492 g/mol. The maximum absolute atomic E-state index is 4.62. The number of nitrogens with zero attached hydrogens (tertiary/aromatic N) is 6. The van der Waals surface area contributed by atoms with E-state index in [1.807, 2.05) is 4.68 Å².